The van der Waals surface area contributed by atoms with Crippen molar-refractivity contribution in [1.29, 1.82) is 0 Å². The van der Waals surface area contributed by atoms with E-state index in [0.29, 0.717) is 32.4 Å². The Morgan fingerprint density at radius 3 is 2.55 bits per heavy atom. The van der Waals surface area contributed by atoms with Crippen molar-refractivity contribution in [2.24, 2.45) is 5.41 Å². The second-order valence-corrected chi connectivity index (χ2v) is 8.16. The maximum atomic E-state index is 13.1. The van der Waals surface area contributed by atoms with Gasteiger partial charge in [-0.3, -0.25) is 14.6 Å². The van der Waals surface area contributed by atoms with Gasteiger partial charge in [-0.15, -0.1) is 0 Å². The van der Waals surface area contributed by atoms with Gasteiger partial charge in [0.15, 0.2) is 0 Å². The molecule has 1 saturated heterocycles. The molecule has 0 saturated carbocycles. The Bertz CT molecular complexity index is 1050. The first-order chi connectivity index (χ1) is 15.1. The van der Waals surface area contributed by atoms with Crippen LogP contribution in [0.5, 0.6) is 0 Å². The molecule has 0 aliphatic carbocycles. The normalized spacial score (nSPS) is 18.0. The van der Waals surface area contributed by atoms with Crippen molar-refractivity contribution in [3.63, 3.8) is 0 Å². The number of carbonyl (C=O) groups is 2. The van der Waals surface area contributed by atoms with Gasteiger partial charge in [-0.25, -0.2) is 0 Å². The highest BCUT2D eigenvalue weighted by molar-refractivity contribution is 5.86. The van der Waals surface area contributed by atoms with Crippen molar-refractivity contribution in [2.75, 3.05) is 20.1 Å². The number of hydrogen-bond donors (Lipinski definition) is 1. The first kappa shape index (κ1) is 20.8. The third-order valence-corrected chi connectivity index (χ3v) is 6.12. The number of benzene rings is 2. The Morgan fingerprint density at radius 1 is 1.03 bits per heavy atom. The van der Waals surface area contributed by atoms with E-state index in [1.807, 2.05) is 47.4 Å². The van der Waals surface area contributed by atoms with Gasteiger partial charge in [0.25, 0.3) is 0 Å². The van der Waals surface area contributed by atoms with Gasteiger partial charge in [-0.05, 0) is 41.2 Å². The first-order valence-electron chi connectivity index (χ1n) is 10.6. The molecule has 158 valence electrons. The molecule has 0 spiro atoms. The predicted octanol–water partition coefficient (Wildman–Crippen LogP) is 3.50. The van der Waals surface area contributed by atoms with E-state index >= 15 is 0 Å². The molecule has 0 unspecified atom stereocenters. The molecule has 5 nitrogen and oxygen atoms in total. The van der Waals surface area contributed by atoms with Crippen LogP contribution in [-0.4, -0.2) is 41.8 Å². The first-order valence-corrected chi connectivity index (χ1v) is 10.6. The maximum Gasteiger partial charge on any atom is 0.228 e. The maximum absolute atomic E-state index is 13.1. The topological polar surface area (TPSA) is 62.3 Å². The molecule has 4 rings (SSSR count). The van der Waals surface area contributed by atoms with Crippen LogP contribution < -0.4 is 5.32 Å². The minimum atomic E-state index is -0.635. The van der Waals surface area contributed by atoms with Crippen LogP contribution in [0.2, 0.25) is 0 Å². The fraction of sp³-hybridized carbons (Fsp3) is 0.269. The van der Waals surface area contributed by atoms with E-state index in [0.717, 1.165) is 22.3 Å². The molecule has 1 N–H and O–H groups in total. The lowest BCUT2D eigenvalue weighted by molar-refractivity contribution is -0.132. The fourth-order valence-corrected chi connectivity index (χ4v) is 4.49. The summed E-state index contributed by atoms with van der Waals surface area (Å²) in [7, 11) is 1.67. The number of amides is 2. The standard InChI is InChI=1S/C26H27N3O2/c1-27-25(31)26(13-15-29(19-26)24(30)16-20-8-7-14-28-18-20)17-22-11-5-6-12-23(22)21-9-3-2-4-10-21/h2-12,14,18H,13,15-17,19H2,1H3,(H,27,31)/t26-/m1/s1. The highest BCUT2D eigenvalue weighted by Crippen LogP contribution is 2.37. The smallest absolute Gasteiger partial charge is 0.228 e. The minimum Gasteiger partial charge on any atom is -0.359 e. The Hall–Kier alpha value is -3.47. The summed E-state index contributed by atoms with van der Waals surface area (Å²) in [5.74, 6) is 0.0298. The molecule has 1 aliphatic heterocycles. The molecule has 1 atom stereocenters. The number of likely N-dealkylation sites (tertiary alicyclic amines) is 1. The van der Waals surface area contributed by atoms with Crippen LogP contribution in [0.15, 0.2) is 79.1 Å². The van der Waals surface area contributed by atoms with E-state index in [4.69, 9.17) is 0 Å². The van der Waals surface area contributed by atoms with E-state index in [9.17, 15) is 9.59 Å². The second kappa shape index (κ2) is 9.13. The molecule has 2 amide bonds. The average Bonchev–Trinajstić information content (AvgIpc) is 3.25. The van der Waals surface area contributed by atoms with E-state index in [1.165, 1.54) is 0 Å². The molecule has 31 heavy (non-hydrogen) atoms. The third-order valence-electron chi connectivity index (χ3n) is 6.12. The number of pyridine rings is 1. The lowest BCUT2D eigenvalue weighted by atomic mass is 9.78. The van der Waals surface area contributed by atoms with Crippen LogP contribution in [0, 0.1) is 5.41 Å². The van der Waals surface area contributed by atoms with Gasteiger partial charge in [0.2, 0.25) is 11.8 Å². The highest BCUT2D eigenvalue weighted by atomic mass is 16.2. The molecular formula is C26H27N3O2. The largest absolute Gasteiger partial charge is 0.359 e. The second-order valence-electron chi connectivity index (χ2n) is 8.16. The monoisotopic (exact) mass is 413 g/mol. The number of hydrogen-bond acceptors (Lipinski definition) is 3. The van der Waals surface area contributed by atoms with Crippen LogP contribution in [0.3, 0.4) is 0 Å². The van der Waals surface area contributed by atoms with Gasteiger partial charge in [0, 0.05) is 32.5 Å². The summed E-state index contributed by atoms with van der Waals surface area (Å²) in [5, 5.41) is 2.85. The Morgan fingerprint density at radius 2 is 1.81 bits per heavy atom. The van der Waals surface area contributed by atoms with Crippen molar-refractivity contribution in [2.45, 2.75) is 19.3 Å². The molecule has 3 aromatic rings. The van der Waals surface area contributed by atoms with Crippen molar-refractivity contribution in [1.82, 2.24) is 15.2 Å². The summed E-state index contributed by atoms with van der Waals surface area (Å²) in [6.07, 6.45) is 4.96. The molecule has 2 heterocycles. The summed E-state index contributed by atoms with van der Waals surface area (Å²) in [4.78, 5) is 31.9. The molecule has 5 heteroatoms. The zero-order valence-electron chi connectivity index (χ0n) is 17.8. The molecule has 1 aromatic heterocycles. The van der Waals surface area contributed by atoms with Gasteiger partial charge in [-0.2, -0.15) is 0 Å². The molecule has 1 aliphatic rings. The number of carbonyl (C=O) groups excluding carboxylic acids is 2. The van der Waals surface area contributed by atoms with E-state index < -0.39 is 5.41 Å². The van der Waals surface area contributed by atoms with Crippen LogP contribution >= 0.6 is 0 Å². The summed E-state index contributed by atoms with van der Waals surface area (Å²) < 4.78 is 0. The van der Waals surface area contributed by atoms with Gasteiger partial charge in [-0.1, -0.05) is 60.7 Å². The van der Waals surface area contributed by atoms with Gasteiger partial charge < -0.3 is 10.2 Å². The molecular weight excluding hydrogens is 386 g/mol. The van der Waals surface area contributed by atoms with E-state index in [-0.39, 0.29) is 11.8 Å². The van der Waals surface area contributed by atoms with Crippen LogP contribution in [0.4, 0.5) is 0 Å². The van der Waals surface area contributed by atoms with E-state index in [1.54, 1.807) is 19.4 Å². The highest BCUT2D eigenvalue weighted by Gasteiger charge is 2.45. The summed E-state index contributed by atoms with van der Waals surface area (Å²) in [5.41, 5.74) is 3.64. The Balaban J connectivity index is 1.58. The number of nitrogens with zero attached hydrogens (tertiary/aromatic N) is 2. The summed E-state index contributed by atoms with van der Waals surface area (Å²) >= 11 is 0. The van der Waals surface area contributed by atoms with Crippen LogP contribution in [0.1, 0.15) is 17.5 Å². The number of aromatic nitrogens is 1. The molecule has 0 bridgehead atoms. The van der Waals surface area contributed by atoms with Gasteiger partial charge in [0.05, 0.1) is 11.8 Å². The zero-order valence-corrected chi connectivity index (χ0v) is 17.8. The van der Waals surface area contributed by atoms with Crippen molar-refractivity contribution < 1.29 is 9.59 Å². The Kier molecular flexibility index (Phi) is 6.12. The minimum absolute atomic E-state index is 0.00737. The predicted molar refractivity (Wildman–Crippen MR) is 121 cm³/mol. The fourth-order valence-electron chi connectivity index (χ4n) is 4.49. The molecule has 2 aromatic carbocycles. The van der Waals surface area contributed by atoms with E-state index in [2.05, 4.69) is 34.6 Å². The van der Waals surface area contributed by atoms with Crippen molar-refractivity contribution >= 4 is 11.8 Å². The molecule has 1 fully saturated rings. The zero-order chi connectivity index (χ0) is 21.7. The number of rotatable bonds is 6. The van der Waals surface area contributed by atoms with Crippen LogP contribution in [-0.2, 0) is 22.4 Å². The molecule has 0 radical (unpaired) electrons. The third kappa shape index (κ3) is 4.50. The van der Waals surface area contributed by atoms with Gasteiger partial charge in [0.1, 0.15) is 0 Å². The van der Waals surface area contributed by atoms with Crippen LogP contribution in [0.25, 0.3) is 11.1 Å². The summed E-state index contributed by atoms with van der Waals surface area (Å²) in [6, 6.07) is 22.2. The summed E-state index contributed by atoms with van der Waals surface area (Å²) in [6.45, 7) is 1.01. The SMILES string of the molecule is CNC(=O)[C@@]1(Cc2ccccc2-c2ccccc2)CCN(C(=O)Cc2cccnc2)C1. The van der Waals surface area contributed by atoms with Crippen molar-refractivity contribution in [3.05, 3.63) is 90.3 Å². The lowest BCUT2D eigenvalue weighted by Crippen LogP contribution is -2.44. The number of nitrogens with one attached hydrogen (secondary N) is 1. The lowest BCUT2D eigenvalue weighted by Gasteiger charge is -2.28. The quantitative estimate of drug-likeness (QED) is 0.673. The van der Waals surface area contributed by atoms with Crippen molar-refractivity contribution in [3.8, 4) is 11.1 Å². The average molecular weight is 414 g/mol. The Labute approximate surface area is 183 Å². The van der Waals surface area contributed by atoms with Gasteiger partial charge >= 0.3 is 0 Å².